The van der Waals surface area contributed by atoms with Crippen LogP contribution in [0.4, 0.5) is 5.95 Å². The van der Waals surface area contributed by atoms with E-state index in [1.54, 1.807) is 0 Å². The Morgan fingerprint density at radius 3 is 2.83 bits per heavy atom. The molecular formula is C9H11N3. The van der Waals surface area contributed by atoms with E-state index in [1.165, 1.54) is 5.56 Å². The molecule has 2 aromatic rings. The highest BCUT2D eigenvalue weighted by atomic mass is 15.1. The van der Waals surface area contributed by atoms with Gasteiger partial charge in [-0.15, -0.1) is 0 Å². The molecule has 0 fully saturated rings. The summed E-state index contributed by atoms with van der Waals surface area (Å²) in [4.78, 5) is 4.17. The van der Waals surface area contributed by atoms with Gasteiger partial charge in [0.1, 0.15) is 0 Å². The van der Waals surface area contributed by atoms with Gasteiger partial charge in [-0.1, -0.05) is 6.07 Å². The van der Waals surface area contributed by atoms with Gasteiger partial charge in [-0.2, -0.15) is 0 Å². The first-order valence-electron chi connectivity index (χ1n) is 3.89. The quantitative estimate of drug-likeness (QED) is 0.636. The van der Waals surface area contributed by atoms with Crippen LogP contribution in [-0.4, -0.2) is 9.38 Å². The Morgan fingerprint density at radius 2 is 2.08 bits per heavy atom. The van der Waals surface area contributed by atoms with Crippen LogP contribution in [0.5, 0.6) is 0 Å². The van der Waals surface area contributed by atoms with Crippen molar-refractivity contribution in [3.63, 3.8) is 0 Å². The average molecular weight is 161 g/mol. The molecule has 2 N–H and O–H groups in total. The minimum atomic E-state index is 0.561. The molecule has 0 bridgehead atoms. The van der Waals surface area contributed by atoms with Crippen molar-refractivity contribution < 1.29 is 0 Å². The number of nitrogens with two attached hydrogens (primary N) is 1. The molecule has 0 saturated heterocycles. The molecule has 2 rings (SSSR count). The zero-order chi connectivity index (χ0) is 8.72. The molecule has 2 heterocycles. The van der Waals surface area contributed by atoms with Crippen molar-refractivity contribution in [2.24, 2.45) is 0 Å². The van der Waals surface area contributed by atoms with E-state index < -0.39 is 0 Å². The Hall–Kier alpha value is -1.51. The lowest BCUT2D eigenvalue weighted by Gasteiger charge is -1.97. The van der Waals surface area contributed by atoms with E-state index in [-0.39, 0.29) is 0 Å². The van der Waals surface area contributed by atoms with Gasteiger partial charge in [0.15, 0.2) is 0 Å². The van der Waals surface area contributed by atoms with Crippen LogP contribution in [0.2, 0.25) is 0 Å². The van der Waals surface area contributed by atoms with Crippen LogP contribution in [-0.2, 0) is 0 Å². The number of imidazole rings is 1. The van der Waals surface area contributed by atoms with Crippen molar-refractivity contribution in [3.8, 4) is 0 Å². The fourth-order valence-electron chi connectivity index (χ4n) is 1.37. The highest BCUT2D eigenvalue weighted by Crippen LogP contribution is 2.14. The van der Waals surface area contributed by atoms with E-state index in [4.69, 9.17) is 5.73 Å². The van der Waals surface area contributed by atoms with E-state index in [0.717, 1.165) is 11.2 Å². The van der Waals surface area contributed by atoms with E-state index in [2.05, 4.69) is 11.1 Å². The lowest BCUT2D eigenvalue weighted by atomic mass is 10.3. The van der Waals surface area contributed by atoms with Crippen molar-refractivity contribution in [2.45, 2.75) is 13.8 Å². The predicted octanol–water partition coefficient (Wildman–Crippen LogP) is 1.53. The van der Waals surface area contributed by atoms with Crippen molar-refractivity contribution in [2.75, 3.05) is 5.73 Å². The van der Waals surface area contributed by atoms with Gasteiger partial charge < -0.3 is 5.73 Å². The topological polar surface area (TPSA) is 43.3 Å². The summed E-state index contributed by atoms with van der Waals surface area (Å²) >= 11 is 0. The standard InChI is InChI=1S/C9H11N3/c1-6-3-4-8-7(2)11-9(10)12(8)5-6/h3-5H,1-2H3,(H2,10,11). The highest BCUT2D eigenvalue weighted by molar-refractivity contribution is 5.57. The van der Waals surface area contributed by atoms with Gasteiger partial charge in [0, 0.05) is 6.20 Å². The molecule has 62 valence electrons. The smallest absolute Gasteiger partial charge is 0.205 e. The molecule has 0 radical (unpaired) electrons. The van der Waals surface area contributed by atoms with Crippen molar-refractivity contribution in [3.05, 3.63) is 29.6 Å². The summed E-state index contributed by atoms with van der Waals surface area (Å²) < 4.78 is 1.91. The third kappa shape index (κ3) is 0.863. The summed E-state index contributed by atoms with van der Waals surface area (Å²) in [6.45, 7) is 4.00. The Labute approximate surface area is 70.8 Å². The molecule has 0 aliphatic rings. The van der Waals surface area contributed by atoms with Crippen molar-refractivity contribution in [1.29, 1.82) is 0 Å². The van der Waals surface area contributed by atoms with Gasteiger partial charge in [-0.05, 0) is 25.5 Å². The molecule has 0 spiro atoms. The maximum absolute atomic E-state index is 5.70. The Balaban J connectivity index is 2.90. The molecule has 3 heteroatoms. The summed E-state index contributed by atoms with van der Waals surface area (Å²) in [5, 5.41) is 0. The Morgan fingerprint density at radius 1 is 1.33 bits per heavy atom. The Kier molecular flexibility index (Phi) is 1.33. The van der Waals surface area contributed by atoms with Crippen LogP contribution >= 0.6 is 0 Å². The normalized spacial score (nSPS) is 10.8. The SMILES string of the molecule is Cc1ccc2c(C)nc(N)n2c1. The monoisotopic (exact) mass is 161 g/mol. The van der Waals surface area contributed by atoms with Crippen LogP contribution in [0.15, 0.2) is 18.3 Å². The summed E-state index contributed by atoms with van der Waals surface area (Å²) in [6.07, 6.45) is 1.99. The summed E-state index contributed by atoms with van der Waals surface area (Å²) in [5.74, 6) is 0.561. The first kappa shape index (κ1) is 7.16. The van der Waals surface area contributed by atoms with E-state index in [1.807, 2.05) is 30.5 Å². The van der Waals surface area contributed by atoms with Crippen LogP contribution < -0.4 is 5.73 Å². The zero-order valence-corrected chi connectivity index (χ0v) is 7.20. The number of anilines is 1. The van der Waals surface area contributed by atoms with Crippen LogP contribution in [0.1, 0.15) is 11.3 Å². The molecule has 0 aliphatic carbocycles. The number of fused-ring (bicyclic) bond motifs is 1. The summed E-state index contributed by atoms with van der Waals surface area (Å²) in [6, 6.07) is 4.09. The van der Waals surface area contributed by atoms with Gasteiger partial charge >= 0.3 is 0 Å². The molecule has 0 aliphatic heterocycles. The van der Waals surface area contributed by atoms with Gasteiger partial charge in [0.2, 0.25) is 5.95 Å². The number of aryl methyl sites for hydroxylation is 2. The second-order valence-corrected chi connectivity index (χ2v) is 3.02. The minimum Gasteiger partial charge on any atom is -0.369 e. The lowest BCUT2D eigenvalue weighted by Crippen LogP contribution is -1.93. The molecule has 2 aromatic heterocycles. The largest absolute Gasteiger partial charge is 0.369 e. The number of pyridine rings is 1. The molecule has 3 nitrogen and oxygen atoms in total. The van der Waals surface area contributed by atoms with Crippen molar-refractivity contribution in [1.82, 2.24) is 9.38 Å². The Bertz CT molecular complexity index is 429. The molecule has 0 atom stereocenters. The highest BCUT2D eigenvalue weighted by Gasteiger charge is 2.02. The number of nitrogens with zero attached hydrogens (tertiary/aromatic N) is 2. The van der Waals surface area contributed by atoms with Crippen LogP contribution in [0, 0.1) is 13.8 Å². The molecular weight excluding hydrogens is 150 g/mol. The molecule has 12 heavy (non-hydrogen) atoms. The fraction of sp³-hybridized carbons (Fsp3) is 0.222. The first-order valence-corrected chi connectivity index (χ1v) is 3.89. The number of aromatic nitrogens is 2. The average Bonchev–Trinajstić information content (AvgIpc) is 2.28. The predicted molar refractivity (Wildman–Crippen MR) is 49.1 cm³/mol. The number of nitrogen functional groups attached to an aromatic ring is 1. The maximum Gasteiger partial charge on any atom is 0.205 e. The molecule has 0 amide bonds. The first-order chi connectivity index (χ1) is 5.68. The zero-order valence-electron chi connectivity index (χ0n) is 7.20. The third-order valence-electron chi connectivity index (χ3n) is 2.00. The lowest BCUT2D eigenvalue weighted by molar-refractivity contribution is 1.15. The van der Waals surface area contributed by atoms with Crippen LogP contribution in [0.25, 0.3) is 5.52 Å². The maximum atomic E-state index is 5.70. The van der Waals surface area contributed by atoms with Gasteiger partial charge in [0.25, 0.3) is 0 Å². The van der Waals surface area contributed by atoms with Gasteiger partial charge in [-0.25, -0.2) is 4.98 Å². The van der Waals surface area contributed by atoms with Gasteiger partial charge in [-0.3, -0.25) is 4.40 Å². The minimum absolute atomic E-state index is 0.561. The van der Waals surface area contributed by atoms with E-state index >= 15 is 0 Å². The second-order valence-electron chi connectivity index (χ2n) is 3.02. The third-order valence-corrected chi connectivity index (χ3v) is 2.00. The number of hydrogen-bond donors (Lipinski definition) is 1. The van der Waals surface area contributed by atoms with Crippen LogP contribution in [0.3, 0.4) is 0 Å². The molecule has 0 aromatic carbocycles. The van der Waals surface area contributed by atoms with E-state index in [9.17, 15) is 0 Å². The molecule has 0 unspecified atom stereocenters. The molecule has 0 saturated carbocycles. The summed E-state index contributed by atoms with van der Waals surface area (Å²) in [7, 11) is 0. The number of hydrogen-bond acceptors (Lipinski definition) is 2. The van der Waals surface area contributed by atoms with Gasteiger partial charge in [0.05, 0.1) is 11.2 Å². The fourth-order valence-corrected chi connectivity index (χ4v) is 1.37. The summed E-state index contributed by atoms with van der Waals surface area (Å²) in [5.41, 5.74) is 8.95. The number of rotatable bonds is 0. The van der Waals surface area contributed by atoms with E-state index in [0.29, 0.717) is 5.95 Å². The second kappa shape index (κ2) is 2.24. The van der Waals surface area contributed by atoms with Crippen molar-refractivity contribution >= 4 is 11.5 Å².